The molecule has 0 aliphatic carbocycles. The summed E-state index contributed by atoms with van der Waals surface area (Å²) in [6.07, 6.45) is 1.94. The van der Waals surface area contributed by atoms with E-state index in [-0.39, 0.29) is 11.9 Å². The zero-order valence-corrected chi connectivity index (χ0v) is 11.2. The molecule has 1 unspecified atom stereocenters. The Morgan fingerprint density at radius 3 is 2.59 bits per heavy atom. The minimum atomic E-state index is -0.0613. The second kappa shape index (κ2) is 7.35. The number of nitrogens with one attached hydrogen (secondary N) is 1. The van der Waals surface area contributed by atoms with E-state index in [0.717, 1.165) is 17.7 Å². The molecule has 94 valence electrons. The fraction of sp³-hybridized carbons (Fsp3) is 0.462. The first-order valence-corrected chi connectivity index (χ1v) is 6.21. The zero-order chi connectivity index (χ0) is 12.7. The van der Waals surface area contributed by atoms with Crippen LogP contribution >= 0.6 is 12.6 Å². The van der Waals surface area contributed by atoms with E-state index >= 15 is 0 Å². The van der Waals surface area contributed by atoms with Gasteiger partial charge in [0, 0.05) is 17.6 Å². The smallest absolute Gasteiger partial charge is 0.251 e. The number of amides is 1. The number of rotatable bonds is 6. The van der Waals surface area contributed by atoms with Crippen molar-refractivity contribution in [3.8, 4) is 0 Å². The molecule has 1 amide bonds. The molecule has 1 rings (SSSR count). The monoisotopic (exact) mass is 253 g/mol. The van der Waals surface area contributed by atoms with Gasteiger partial charge in [-0.2, -0.15) is 0 Å². The molecule has 1 N–H and O–H groups in total. The highest BCUT2D eigenvalue weighted by molar-refractivity contribution is 7.80. The molecule has 1 aromatic carbocycles. The normalized spacial score (nSPS) is 12.2. The van der Waals surface area contributed by atoms with Gasteiger partial charge in [-0.1, -0.05) is 13.3 Å². The molecule has 1 aromatic rings. The van der Waals surface area contributed by atoms with E-state index in [1.807, 2.05) is 12.1 Å². The third-order valence-electron chi connectivity index (χ3n) is 2.47. The van der Waals surface area contributed by atoms with Crippen LogP contribution in [0.5, 0.6) is 0 Å². The van der Waals surface area contributed by atoms with Gasteiger partial charge in [0.25, 0.3) is 5.91 Å². The molecule has 0 saturated carbocycles. The molecular formula is C13H19NO2S. The molecule has 0 fully saturated rings. The first-order chi connectivity index (χ1) is 8.17. The van der Waals surface area contributed by atoms with Crippen molar-refractivity contribution in [2.75, 3.05) is 13.7 Å². The van der Waals surface area contributed by atoms with Gasteiger partial charge in [-0.25, -0.2) is 0 Å². The largest absolute Gasteiger partial charge is 0.383 e. The molecule has 0 aromatic heterocycles. The second-order valence-corrected chi connectivity index (χ2v) is 4.48. The predicted octanol–water partition coefficient (Wildman–Crippen LogP) is 2.52. The van der Waals surface area contributed by atoms with Gasteiger partial charge in [0.15, 0.2) is 0 Å². The van der Waals surface area contributed by atoms with Crippen molar-refractivity contribution >= 4 is 18.5 Å². The lowest BCUT2D eigenvalue weighted by Crippen LogP contribution is -2.37. The summed E-state index contributed by atoms with van der Waals surface area (Å²) in [5.41, 5.74) is 0.653. The fourth-order valence-electron chi connectivity index (χ4n) is 1.63. The maximum absolute atomic E-state index is 11.9. The van der Waals surface area contributed by atoms with Crippen molar-refractivity contribution in [2.24, 2.45) is 0 Å². The summed E-state index contributed by atoms with van der Waals surface area (Å²) in [6.45, 7) is 2.63. The van der Waals surface area contributed by atoms with Crippen LogP contribution in [0.25, 0.3) is 0 Å². The lowest BCUT2D eigenvalue weighted by molar-refractivity contribution is 0.0891. The highest BCUT2D eigenvalue weighted by atomic mass is 32.1. The zero-order valence-electron chi connectivity index (χ0n) is 10.3. The van der Waals surface area contributed by atoms with Crippen molar-refractivity contribution in [3.05, 3.63) is 29.8 Å². The number of hydrogen-bond donors (Lipinski definition) is 2. The van der Waals surface area contributed by atoms with Gasteiger partial charge in [0.2, 0.25) is 0 Å². The van der Waals surface area contributed by atoms with Crippen molar-refractivity contribution in [1.29, 1.82) is 0 Å². The number of thiol groups is 1. The lowest BCUT2D eigenvalue weighted by Gasteiger charge is -2.17. The molecule has 0 spiro atoms. The molecule has 17 heavy (non-hydrogen) atoms. The average molecular weight is 253 g/mol. The van der Waals surface area contributed by atoms with Gasteiger partial charge in [-0.15, -0.1) is 12.6 Å². The van der Waals surface area contributed by atoms with Gasteiger partial charge in [0.05, 0.1) is 12.6 Å². The van der Waals surface area contributed by atoms with Crippen LogP contribution in [-0.4, -0.2) is 25.7 Å². The van der Waals surface area contributed by atoms with Crippen LogP contribution in [0, 0.1) is 0 Å². The Morgan fingerprint density at radius 1 is 1.41 bits per heavy atom. The highest BCUT2D eigenvalue weighted by Crippen LogP contribution is 2.08. The fourth-order valence-corrected chi connectivity index (χ4v) is 1.78. The van der Waals surface area contributed by atoms with Crippen LogP contribution in [0.1, 0.15) is 30.1 Å². The Morgan fingerprint density at radius 2 is 2.06 bits per heavy atom. The van der Waals surface area contributed by atoms with Crippen molar-refractivity contribution in [2.45, 2.75) is 30.7 Å². The van der Waals surface area contributed by atoms with E-state index < -0.39 is 0 Å². The summed E-state index contributed by atoms with van der Waals surface area (Å²) >= 11 is 4.19. The molecule has 0 saturated heterocycles. The standard InChI is InChI=1S/C13H19NO2S/c1-3-4-11(9-16-2)14-13(15)10-5-7-12(17)8-6-10/h5-8,11,17H,3-4,9H2,1-2H3,(H,14,15). The molecule has 3 nitrogen and oxygen atoms in total. The molecule has 0 radical (unpaired) electrons. The summed E-state index contributed by atoms with van der Waals surface area (Å²) < 4.78 is 5.09. The van der Waals surface area contributed by atoms with Gasteiger partial charge in [-0.3, -0.25) is 4.79 Å². The molecule has 4 heteroatoms. The summed E-state index contributed by atoms with van der Waals surface area (Å²) in [5, 5.41) is 2.97. The number of carbonyl (C=O) groups excluding carboxylic acids is 1. The molecule has 0 heterocycles. The number of methoxy groups -OCH3 is 1. The lowest BCUT2D eigenvalue weighted by atomic mass is 10.1. The Labute approximate surface area is 108 Å². The topological polar surface area (TPSA) is 38.3 Å². The Kier molecular flexibility index (Phi) is 6.08. The second-order valence-electron chi connectivity index (χ2n) is 3.96. The van der Waals surface area contributed by atoms with E-state index in [0.29, 0.717) is 12.2 Å². The van der Waals surface area contributed by atoms with E-state index in [2.05, 4.69) is 24.9 Å². The predicted molar refractivity (Wildman–Crippen MR) is 71.7 cm³/mol. The molecule has 1 atom stereocenters. The summed E-state index contributed by atoms with van der Waals surface area (Å²) in [6, 6.07) is 7.24. The molecule has 0 aliphatic heterocycles. The van der Waals surface area contributed by atoms with Crippen LogP contribution in [0.15, 0.2) is 29.2 Å². The van der Waals surface area contributed by atoms with Crippen LogP contribution in [0.3, 0.4) is 0 Å². The summed E-state index contributed by atoms with van der Waals surface area (Å²) in [4.78, 5) is 12.8. The van der Waals surface area contributed by atoms with Gasteiger partial charge in [-0.05, 0) is 30.7 Å². The highest BCUT2D eigenvalue weighted by Gasteiger charge is 2.12. The Hall–Kier alpha value is -1.00. The van der Waals surface area contributed by atoms with E-state index in [4.69, 9.17) is 4.74 Å². The van der Waals surface area contributed by atoms with Gasteiger partial charge in [0.1, 0.15) is 0 Å². The summed E-state index contributed by atoms with van der Waals surface area (Å²) in [5.74, 6) is -0.0613. The minimum absolute atomic E-state index is 0.0613. The third-order valence-corrected chi connectivity index (χ3v) is 2.77. The molecule has 0 aliphatic rings. The maximum atomic E-state index is 11.9. The first kappa shape index (κ1) is 14.1. The quantitative estimate of drug-likeness (QED) is 0.765. The number of carbonyl (C=O) groups is 1. The average Bonchev–Trinajstić information content (AvgIpc) is 2.30. The van der Waals surface area contributed by atoms with Crippen molar-refractivity contribution in [1.82, 2.24) is 5.32 Å². The SMILES string of the molecule is CCCC(COC)NC(=O)c1ccc(S)cc1. The van der Waals surface area contributed by atoms with E-state index in [1.165, 1.54) is 0 Å². The van der Waals surface area contributed by atoms with Crippen LogP contribution in [0.2, 0.25) is 0 Å². The number of hydrogen-bond acceptors (Lipinski definition) is 3. The van der Waals surface area contributed by atoms with Gasteiger partial charge >= 0.3 is 0 Å². The Balaban J connectivity index is 2.60. The van der Waals surface area contributed by atoms with Crippen LogP contribution < -0.4 is 5.32 Å². The van der Waals surface area contributed by atoms with Gasteiger partial charge < -0.3 is 10.1 Å². The molecular weight excluding hydrogens is 234 g/mol. The van der Waals surface area contributed by atoms with Crippen molar-refractivity contribution < 1.29 is 9.53 Å². The van der Waals surface area contributed by atoms with Crippen molar-refractivity contribution in [3.63, 3.8) is 0 Å². The molecule has 0 bridgehead atoms. The van der Waals surface area contributed by atoms with Crippen LogP contribution in [-0.2, 0) is 4.74 Å². The van der Waals surface area contributed by atoms with Crippen LogP contribution in [0.4, 0.5) is 0 Å². The maximum Gasteiger partial charge on any atom is 0.251 e. The number of ether oxygens (including phenoxy) is 1. The third kappa shape index (κ3) is 4.79. The summed E-state index contributed by atoms with van der Waals surface area (Å²) in [7, 11) is 1.64. The first-order valence-electron chi connectivity index (χ1n) is 5.76. The number of benzene rings is 1. The minimum Gasteiger partial charge on any atom is -0.383 e. The Bertz CT molecular complexity index is 345. The van der Waals surface area contributed by atoms with E-state index in [1.54, 1.807) is 19.2 Å². The van der Waals surface area contributed by atoms with E-state index in [9.17, 15) is 4.79 Å².